The van der Waals surface area contributed by atoms with Crippen LogP contribution in [0.1, 0.15) is 76.2 Å². The Hall–Kier alpha value is -5.05. The highest BCUT2D eigenvalue weighted by Gasteiger charge is 2.65. The molecule has 5 rings (SSSR count). The molecule has 1 heterocycles. The van der Waals surface area contributed by atoms with Gasteiger partial charge in [-0.1, -0.05) is 43.1 Å². The Labute approximate surface area is 347 Å². The minimum Gasteiger partial charge on any atom is -0.497 e. The lowest BCUT2D eigenvalue weighted by molar-refractivity contribution is -0.255. The smallest absolute Gasteiger partial charge is 0.417 e. The first-order valence-electron chi connectivity index (χ1n) is 20.6. The number of ether oxygens (including phenoxy) is 6. The van der Waals surface area contributed by atoms with Crippen molar-refractivity contribution in [2.75, 3.05) is 59.6 Å². The lowest BCUT2D eigenvalue weighted by Crippen LogP contribution is -2.70. The fourth-order valence-electron chi connectivity index (χ4n) is 8.89. The van der Waals surface area contributed by atoms with Crippen molar-refractivity contribution in [1.29, 1.82) is 0 Å². The molecule has 6 atom stereocenters. The van der Waals surface area contributed by atoms with Crippen LogP contribution in [0, 0.1) is 17.8 Å². The fourth-order valence-corrected chi connectivity index (χ4v) is 8.89. The number of allylic oxidation sites excluding steroid dienone is 1. The number of benzene rings is 2. The zero-order valence-corrected chi connectivity index (χ0v) is 34.9. The number of oxime groups is 1. The van der Waals surface area contributed by atoms with E-state index in [1.807, 2.05) is 13.0 Å². The van der Waals surface area contributed by atoms with Gasteiger partial charge in [-0.15, -0.1) is 13.2 Å². The van der Waals surface area contributed by atoms with Gasteiger partial charge in [-0.2, -0.15) is 0 Å². The second-order valence-corrected chi connectivity index (χ2v) is 14.9. The summed E-state index contributed by atoms with van der Waals surface area (Å²) in [6.45, 7) is 10.5. The first kappa shape index (κ1) is 45.0. The van der Waals surface area contributed by atoms with E-state index >= 15 is 0 Å². The molecular weight excluding hydrogens is 759 g/mol. The number of hydrogen-bond donors (Lipinski definition) is 3. The molecule has 14 nitrogen and oxygen atoms in total. The highest BCUT2D eigenvalue weighted by molar-refractivity contribution is 6.03. The molecule has 14 heteroatoms. The van der Waals surface area contributed by atoms with Crippen LogP contribution < -0.4 is 24.3 Å². The Morgan fingerprint density at radius 2 is 1.76 bits per heavy atom. The number of aliphatic hydroxyl groups is 2. The van der Waals surface area contributed by atoms with E-state index in [4.69, 9.17) is 33.3 Å². The van der Waals surface area contributed by atoms with Crippen molar-refractivity contribution in [3.63, 3.8) is 0 Å². The summed E-state index contributed by atoms with van der Waals surface area (Å²) >= 11 is 0. The molecule has 3 N–H and O–H groups in total. The van der Waals surface area contributed by atoms with Crippen LogP contribution in [-0.4, -0.2) is 99.1 Å². The normalized spacial score (nSPS) is 23.4. The van der Waals surface area contributed by atoms with Crippen molar-refractivity contribution in [1.82, 2.24) is 4.90 Å². The summed E-state index contributed by atoms with van der Waals surface area (Å²) in [5.41, 5.74) is 2.76. The van der Waals surface area contributed by atoms with Crippen molar-refractivity contribution in [3.8, 4) is 23.0 Å². The van der Waals surface area contributed by atoms with Gasteiger partial charge in [0.2, 0.25) is 5.79 Å². The minimum atomic E-state index is -1.44. The predicted octanol–water partition coefficient (Wildman–Crippen LogP) is 8.00. The first-order valence-corrected chi connectivity index (χ1v) is 20.6. The molecule has 0 radical (unpaired) electrons. The van der Waals surface area contributed by atoms with Gasteiger partial charge in [0.25, 0.3) is 0 Å². The zero-order chi connectivity index (χ0) is 42.4. The predicted molar refractivity (Wildman–Crippen MR) is 224 cm³/mol. The third-order valence-electron chi connectivity index (χ3n) is 11.3. The number of fused-ring (bicyclic) bond motifs is 2. The average Bonchev–Trinajstić information content (AvgIpc) is 3.24. The second-order valence-electron chi connectivity index (χ2n) is 14.9. The number of nitrogens with one attached hydrogen (secondary N) is 1. The number of unbranched alkanes of at least 4 members (excludes halogenated alkanes) is 2. The SMILES string of the molecule is C=CCCOC(=O)N(CCC)C1CC(=NOC)C2=CC(CCCCO)C(CCCCO)C3c4cc(OC(=O)Nc5ccc(OC)cc5OC)ccc4OC1(OCC=C)C23. The summed E-state index contributed by atoms with van der Waals surface area (Å²) in [7, 11) is 4.55. The number of aliphatic hydroxyl groups excluding tert-OH is 2. The van der Waals surface area contributed by atoms with E-state index in [-0.39, 0.29) is 56.4 Å². The maximum atomic E-state index is 14.1. The Kier molecular flexibility index (Phi) is 16.6. The number of carbonyl (C=O) groups is 2. The van der Waals surface area contributed by atoms with Gasteiger partial charge in [0.15, 0.2) is 0 Å². The van der Waals surface area contributed by atoms with E-state index in [0.29, 0.717) is 60.9 Å². The topological polar surface area (TPSA) is 167 Å². The van der Waals surface area contributed by atoms with Crippen LogP contribution in [-0.2, 0) is 14.3 Å². The molecule has 2 aromatic rings. The summed E-state index contributed by atoms with van der Waals surface area (Å²) < 4.78 is 36.6. The van der Waals surface area contributed by atoms with E-state index in [2.05, 4.69) is 29.7 Å². The average molecular weight is 820 g/mol. The number of rotatable bonds is 22. The maximum absolute atomic E-state index is 14.1. The molecule has 2 aliphatic carbocycles. The molecule has 0 bridgehead atoms. The van der Waals surface area contributed by atoms with Gasteiger partial charge >= 0.3 is 12.2 Å². The van der Waals surface area contributed by atoms with Crippen LogP contribution in [0.5, 0.6) is 23.0 Å². The number of nitrogens with zero attached hydrogens (tertiary/aromatic N) is 2. The van der Waals surface area contributed by atoms with Crippen molar-refractivity contribution in [3.05, 3.63) is 78.9 Å². The summed E-state index contributed by atoms with van der Waals surface area (Å²) in [4.78, 5) is 34.7. The highest BCUT2D eigenvalue weighted by Crippen LogP contribution is 2.62. The van der Waals surface area contributed by atoms with Crippen LogP contribution in [0.25, 0.3) is 0 Å². The Balaban J connectivity index is 1.69. The van der Waals surface area contributed by atoms with E-state index in [9.17, 15) is 19.8 Å². The van der Waals surface area contributed by atoms with Gasteiger partial charge in [0.1, 0.15) is 36.1 Å². The van der Waals surface area contributed by atoms with Gasteiger partial charge in [-0.3, -0.25) is 10.2 Å². The van der Waals surface area contributed by atoms with Gasteiger partial charge in [-0.25, -0.2) is 9.59 Å². The molecule has 1 fully saturated rings. The number of amides is 2. The van der Waals surface area contributed by atoms with Gasteiger partial charge in [0.05, 0.1) is 44.8 Å². The first-order chi connectivity index (χ1) is 28.7. The Bertz CT molecular complexity index is 1810. The van der Waals surface area contributed by atoms with Gasteiger partial charge in [-0.05, 0) is 86.3 Å². The molecule has 59 heavy (non-hydrogen) atoms. The molecule has 0 aromatic heterocycles. The van der Waals surface area contributed by atoms with Gasteiger partial charge < -0.3 is 43.5 Å². The lowest BCUT2D eigenvalue weighted by Gasteiger charge is -2.59. The fraction of sp³-hybridized carbons (Fsp3) is 0.533. The van der Waals surface area contributed by atoms with E-state index in [1.165, 1.54) is 14.2 Å². The van der Waals surface area contributed by atoms with Crippen LogP contribution in [0.2, 0.25) is 0 Å². The number of methoxy groups -OCH3 is 2. The number of hydrogen-bond acceptors (Lipinski definition) is 12. The standard InChI is InChI=1S/C45H61N3O11/c1-7-10-25-56-44(52)48(21-8-2)40-29-37(47-55-6)34-26-30(15-11-13-22-49)33(16-12-14-23-50)41-35-27-32(18-20-38(35)59-45(40,42(34)41)57-24-9-3)58-43(51)46-36-19-17-31(53-4)28-39(36)54-5/h7,9,17-20,26-28,30,33,40-42,49-50H,1,3,8,10-16,21-25,29H2,2,4-6H3,(H,46,51). The molecule has 2 amide bonds. The zero-order valence-electron chi connectivity index (χ0n) is 34.9. The molecule has 1 aliphatic heterocycles. The van der Waals surface area contributed by atoms with Crippen LogP contribution in [0.3, 0.4) is 0 Å². The second kappa shape index (κ2) is 21.8. The molecule has 3 aliphatic rings. The van der Waals surface area contributed by atoms with Crippen molar-refractivity contribution < 1.29 is 53.1 Å². The molecule has 2 aromatic carbocycles. The van der Waals surface area contributed by atoms with E-state index in [1.54, 1.807) is 54.5 Å². The number of carbonyl (C=O) groups excluding carboxylic acids is 2. The van der Waals surface area contributed by atoms with Crippen LogP contribution in [0.4, 0.5) is 15.3 Å². The van der Waals surface area contributed by atoms with Gasteiger partial charge in [0, 0.05) is 43.7 Å². The van der Waals surface area contributed by atoms with Crippen molar-refractivity contribution >= 4 is 23.6 Å². The Morgan fingerprint density at radius 1 is 1.00 bits per heavy atom. The molecular formula is C45H61N3O11. The Morgan fingerprint density at radius 3 is 2.44 bits per heavy atom. The molecule has 1 saturated carbocycles. The molecule has 6 unspecified atom stereocenters. The highest BCUT2D eigenvalue weighted by atomic mass is 16.7. The quantitative estimate of drug-likeness (QED) is 0.0599. The van der Waals surface area contributed by atoms with Crippen molar-refractivity contribution in [2.45, 2.75) is 82.5 Å². The minimum absolute atomic E-state index is 0.0160. The van der Waals surface area contributed by atoms with Crippen LogP contribution >= 0.6 is 0 Å². The lowest BCUT2D eigenvalue weighted by atomic mass is 9.55. The summed E-state index contributed by atoms with van der Waals surface area (Å²) in [6, 6.07) is 9.63. The third-order valence-corrected chi connectivity index (χ3v) is 11.3. The number of anilines is 1. The maximum Gasteiger partial charge on any atom is 0.417 e. The monoisotopic (exact) mass is 819 g/mol. The molecule has 0 spiro atoms. The van der Waals surface area contributed by atoms with Crippen molar-refractivity contribution in [2.24, 2.45) is 22.9 Å². The molecule has 0 saturated heterocycles. The van der Waals surface area contributed by atoms with Crippen LogP contribution in [0.15, 0.2) is 78.5 Å². The summed E-state index contributed by atoms with van der Waals surface area (Å²) in [6.07, 6.45) is 10.1. The summed E-state index contributed by atoms with van der Waals surface area (Å²) in [5, 5.41) is 27.1. The molecule has 322 valence electrons. The summed E-state index contributed by atoms with van der Waals surface area (Å²) in [5.74, 6) is -0.471. The third kappa shape index (κ3) is 10.2. The van der Waals surface area contributed by atoms with E-state index in [0.717, 1.165) is 36.8 Å². The largest absolute Gasteiger partial charge is 0.497 e. The van der Waals surface area contributed by atoms with E-state index < -0.39 is 29.9 Å².